The smallest absolute Gasteiger partial charge is 0.305 e. The second-order valence-corrected chi connectivity index (χ2v) is 5.45. The molecule has 124 valence electrons. The number of rotatable bonds is 4. The highest BCUT2D eigenvalue weighted by Crippen LogP contribution is 2.39. The highest BCUT2D eigenvalue weighted by Gasteiger charge is 2.26. The van der Waals surface area contributed by atoms with E-state index < -0.39 is 23.5 Å². The van der Waals surface area contributed by atoms with Gasteiger partial charge in [-0.2, -0.15) is 17.6 Å². The first-order valence-corrected chi connectivity index (χ1v) is 7.22. The van der Waals surface area contributed by atoms with Gasteiger partial charge in [-0.05, 0) is 37.1 Å². The van der Waals surface area contributed by atoms with Gasteiger partial charge in [0.25, 0.3) is 0 Å². The molecule has 0 unspecified atom stereocenters. The second-order valence-electron chi connectivity index (χ2n) is 5.45. The maximum atomic E-state index is 14.5. The molecule has 4 rings (SSSR count). The molecule has 1 aromatic heterocycles. The van der Waals surface area contributed by atoms with E-state index in [-0.39, 0.29) is 29.3 Å². The Hall–Kier alpha value is -2.70. The Balaban J connectivity index is 1.85. The van der Waals surface area contributed by atoms with E-state index in [0.29, 0.717) is 10.8 Å². The Morgan fingerprint density at radius 3 is 2.12 bits per heavy atom. The molecule has 1 saturated carbocycles. The van der Waals surface area contributed by atoms with Crippen LogP contribution in [0.5, 0.6) is 11.5 Å². The van der Waals surface area contributed by atoms with Gasteiger partial charge in [-0.3, -0.25) is 0 Å². The van der Waals surface area contributed by atoms with Crippen LogP contribution in [0, 0.1) is 11.6 Å². The summed E-state index contributed by atoms with van der Waals surface area (Å²) >= 11 is 0. The molecule has 24 heavy (non-hydrogen) atoms. The first-order chi connectivity index (χ1) is 11.5. The fourth-order valence-electron chi connectivity index (χ4n) is 2.46. The highest BCUT2D eigenvalue weighted by molar-refractivity contribution is 6.06. The molecule has 0 N–H and O–H groups in total. The first-order valence-electron chi connectivity index (χ1n) is 7.22. The van der Waals surface area contributed by atoms with E-state index in [0.717, 1.165) is 12.8 Å². The third kappa shape index (κ3) is 2.46. The van der Waals surface area contributed by atoms with Gasteiger partial charge in [0.15, 0.2) is 28.9 Å². The molecule has 2 aromatic carbocycles. The van der Waals surface area contributed by atoms with Crippen molar-refractivity contribution >= 4 is 21.9 Å². The van der Waals surface area contributed by atoms with Crippen molar-refractivity contribution in [3.63, 3.8) is 0 Å². The lowest BCUT2D eigenvalue weighted by Gasteiger charge is -2.04. The SMILES string of the molecule is FC(F)=COc1ccc2c(oc3c(F)c(OC4CC4)ccc32)c1F. The number of furan rings is 1. The molecule has 1 fully saturated rings. The maximum absolute atomic E-state index is 14.5. The molecule has 0 aliphatic heterocycles. The number of benzene rings is 2. The number of hydrogen-bond acceptors (Lipinski definition) is 3. The van der Waals surface area contributed by atoms with Crippen LogP contribution >= 0.6 is 0 Å². The Labute approximate surface area is 133 Å². The van der Waals surface area contributed by atoms with Gasteiger partial charge in [0.1, 0.15) is 0 Å². The summed E-state index contributed by atoms with van der Waals surface area (Å²) in [6.07, 6.45) is -0.251. The highest BCUT2D eigenvalue weighted by atomic mass is 19.3. The second kappa shape index (κ2) is 5.43. The van der Waals surface area contributed by atoms with Gasteiger partial charge in [0, 0.05) is 10.8 Å². The summed E-state index contributed by atoms with van der Waals surface area (Å²) < 4.78 is 68.3. The molecule has 1 aliphatic rings. The molecule has 0 saturated heterocycles. The van der Waals surface area contributed by atoms with Crippen molar-refractivity contribution in [1.29, 1.82) is 0 Å². The predicted octanol–water partition coefficient (Wildman–Crippen LogP) is 5.52. The zero-order valence-electron chi connectivity index (χ0n) is 12.1. The quantitative estimate of drug-likeness (QED) is 0.463. The fraction of sp³-hybridized carbons (Fsp3) is 0.176. The topological polar surface area (TPSA) is 31.6 Å². The molecule has 0 amide bonds. The average molecular weight is 338 g/mol. The first kappa shape index (κ1) is 14.9. The Morgan fingerprint density at radius 1 is 0.958 bits per heavy atom. The predicted molar refractivity (Wildman–Crippen MR) is 78.2 cm³/mol. The van der Waals surface area contributed by atoms with Gasteiger partial charge in [0.2, 0.25) is 11.6 Å². The minimum absolute atomic E-state index is 0.000418. The van der Waals surface area contributed by atoms with Crippen molar-refractivity contribution in [2.45, 2.75) is 18.9 Å². The summed E-state index contributed by atoms with van der Waals surface area (Å²) in [6, 6.07) is 5.64. The van der Waals surface area contributed by atoms with E-state index in [4.69, 9.17) is 9.15 Å². The van der Waals surface area contributed by atoms with Crippen LogP contribution in [-0.2, 0) is 0 Å². The van der Waals surface area contributed by atoms with E-state index in [1.165, 1.54) is 18.2 Å². The van der Waals surface area contributed by atoms with Gasteiger partial charge in [-0.25, -0.2) is 0 Å². The minimum Gasteiger partial charge on any atom is -0.487 e. The molecule has 0 spiro atoms. The van der Waals surface area contributed by atoms with Crippen LogP contribution in [0.15, 0.2) is 41.0 Å². The van der Waals surface area contributed by atoms with Crippen molar-refractivity contribution < 1.29 is 31.5 Å². The average Bonchev–Trinajstić information content (AvgIpc) is 3.28. The van der Waals surface area contributed by atoms with Crippen molar-refractivity contribution in [1.82, 2.24) is 0 Å². The molecule has 0 atom stereocenters. The van der Waals surface area contributed by atoms with Gasteiger partial charge in [-0.1, -0.05) is 0 Å². The summed E-state index contributed by atoms with van der Waals surface area (Å²) in [4.78, 5) is 0. The third-order valence-corrected chi connectivity index (χ3v) is 3.71. The molecule has 7 heteroatoms. The summed E-state index contributed by atoms with van der Waals surface area (Å²) in [5, 5.41) is 0.680. The Bertz CT molecular complexity index is 969. The molecule has 3 nitrogen and oxygen atoms in total. The van der Waals surface area contributed by atoms with Gasteiger partial charge in [0.05, 0.1) is 6.10 Å². The Kier molecular flexibility index (Phi) is 3.37. The summed E-state index contributed by atoms with van der Waals surface area (Å²) in [6.45, 7) is 0. The molecule has 0 bridgehead atoms. The summed E-state index contributed by atoms with van der Waals surface area (Å²) in [7, 11) is 0. The molecule has 3 aromatic rings. The van der Waals surface area contributed by atoms with Crippen LogP contribution < -0.4 is 9.47 Å². The zero-order valence-corrected chi connectivity index (χ0v) is 12.1. The van der Waals surface area contributed by atoms with Crippen LogP contribution in [0.25, 0.3) is 21.9 Å². The van der Waals surface area contributed by atoms with Crippen molar-refractivity contribution in [2.75, 3.05) is 0 Å². The Morgan fingerprint density at radius 2 is 1.54 bits per heavy atom. The fourth-order valence-corrected chi connectivity index (χ4v) is 2.46. The van der Waals surface area contributed by atoms with Crippen LogP contribution in [0.3, 0.4) is 0 Å². The van der Waals surface area contributed by atoms with Crippen LogP contribution in [0.4, 0.5) is 17.6 Å². The normalized spacial score (nSPS) is 14.2. The zero-order chi connectivity index (χ0) is 16.8. The van der Waals surface area contributed by atoms with Gasteiger partial charge >= 0.3 is 6.08 Å². The monoisotopic (exact) mass is 338 g/mol. The number of fused-ring (bicyclic) bond motifs is 3. The summed E-state index contributed by atoms with van der Waals surface area (Å²) in [5.74, 6) is -2.09. The van der Waals surface area contributed by atoms with E-state index in [2.05, 4.69) is 4.74 Å². The van der Waals surface area contributed by atoms with E-state index in [9.17, 15) is 17.6 Å². The largest absolute Gasteiger partial charge is 0.487 e. The number of hydrogen-bond donors (Lipinski definition) is 0. The van der Waals surface area contributed by atoms with E-state index in [1.54, 1.807) is 6.07 Å². The third-order valence-electron chi connectivity index (χ3n) is 3.71. The molecular formula is C17H10F4O3. The van der Waals surface area contributed by atoms with E-state index >= 15 is 0 Å². The number of halogens is 4. The van der Waals surface area contributed by atoms with Crippen molar-refractivity contribution in [3.8, 4) is 11.5 Å². The van der Waals surface area contributed by atoms with Crippen LogP contribution in [0.1, 0.15) is 12.8 Å². The molecule has 0 radical (unpaired) electrons. The summed E-state index contributed by atoms with van der Waals surface area (Å²) in [5.41, 5.74) is -0.413. The maximum Gasteiger partial charge on any atom is 0.305 e. The van der Waals surface area contributed by atoms with Gasteiger partial charge < -0.3 is 13.9 Å². The number of ether oxygens (including phenoxy) is 2. The van der Waals surface area contributed by atoms with Crippen molar-refractivity contribution in [2.24, 2.45) is 0 Å². The lowest BCUT2D eigenvalue weighted by atomic mass is 10.1. The van der Waals surface area contributed by atoms with Crippen molar-refractivity contribution in [3.05, 3.63) is 48.2 Å². The standard InChI is InChI=1S/C17H10F4O3/c18-13(19)7-22-11-5-3-9-10-4-6-12(23-8-1-2-8)15(21)17(10)24-16(9)14(11)20/h3-8H,1-2H2. The minimum atomic E-state index is -2.10. The molecule has 1 heterocycles. The van der Waals surface area contributed by atoms with E-state index in [1.807, 2.05) is 0 Å². The van der Waals surface area contributed by atoms with Gasteiger partial charge in [-0.15, -0.1) is 0 Å². The molecular weight excluding hydrogens is 328 g/mol. The molecule has 1 aliphatic carbocycles. The van der Waals surface area contributed by atoms with Crippen LogP contribution in [0.2, 0.25) is 0 Å². The lowest BCUT2D eigenvalue weighted by molar-refractivity contribution is 0.287. The van der Waals surface area contributed by atoms with Crippen LogP contribution in [-0.4, -0.2) is 6.10 Å². The lowest BCUT2D eigenvalue weighted by Crippen LogP contribution is -1.98.